The van der Waals surface area contributed by atoms with E-state index in [0.717, 1.165) is 16.7 Å². The molecular weight excluding hydrogens is 348 g/mol. The lowest BCUT2D eigenvalue weighted by molar-refractivity contribution is -0.132. The van der Waals surface area contributed by atoms with Gasteiger partial charge < -0.3 is 10.2 Å². The van der Waals surface area contributed by atoms with E-state index in [0.29, 0.717) is 5.02 Å². The van der Waals surface area contributed by atoms with Gasteiger partial charge in [0, 0.05) is 19.0 Å². The van der Waals surface area contributed by atoms with E-state index in [-0.39, 0.29) is 30.3 Å². The predicted molar refractivity (Wildman–Crippen MR) is 105 cm³/mol. The molecule has 2 unspecified atom stereocenters. The second-order valence-electron chi connectivity index (χ2n) is 6.60. The normalized spacial score (nSPS) is 13.0. The van der Waals surface area contributed by atoms with Crippen LogP contribution in [-0.2, 0) is 9.59 Å². The second kappa shape index (κ2) is 8.86. The van der Waals surface area contributed by atoms with Gasteiger partial charge in [-0.2, -0.15) is 0 Å². The maximum absolute atomic E-state index is 12.8. The van der Waals surface area contributed by atoms with Crippen molar-refractivity contribution in [2.45, 2.75) is 39.3 Å². The molecule has 0 saturated heterocycles. The molecule has 0 fully saturated rings. The molecule has 26 heavy (non-hydrogen) atoms. The molecule has 0 spiro atoms. The van der Waals surface area contributed by atoms with Gasteiger partial charge in [0.2, 0.25) is 11.8 Å². The first-order valence-corrected chi connectivity index (χ1v) is 9.00. The minimum absolute atomic E-state index is 0.0446. The van der Waals surface area contributed by atoms with E-state index in [1.54, 1.807) is 11.9 Å². The molecule has 0 aromatic heterocycles. The molecular formula is C21H25ClN2O2. The Balaban J connectivity index is 2.14. The van der Waals surface area contributed by atoms with E-state index >= 15 is 0 Å². The Kier molecular flexibility index (Phi) is 6.81. The number of benzene rings is 2. The maximum Gasteiger partial charge on any atom is 0.225 e. The van der Waals surface area contributed by atoms with Crippen LogP contribution in [0.15, 0.2) is 48.5 Å². The third kappa shape index (κ3) is 5.33. The second-order valence-corrected chi connectivity index (χ2v) is 7.04. The zero-order valence-corrected chi connectivity index (χ0v) is 16.4. The average molecular weight is 373 g/mol. The number of nitrogens with one attached hydrogen (secondary N) is 1. The Morgan fingerprint density at radius 1 is 1.12 bits per heavy atom. The zero-order chi connectivity index (χ0) is 19.3. The molecule has 2 aromatic rings. The van der Waals surface area contributed by atoms with Crippen LogP contribution in [0.4, 0.5) is 0 Å². The molecule has 4 nitrogen and oxygen atoms in total. The molecule has 138 valence electrons. The highest BCUT2D eigenvalue weighted by molar-refractivity contribution is 6.30. The van der Waals surface area contributed by atoms with E-state index in [4.69, 9.17) is 11.6 Å². The van der Waals surface area contributed by atoms with Crippen molar-refractivity contribution >= 4 is 23.4 Å². The highest BCUT2D eigenvalue weighted by Crippen LogP contribution is 2.25. The van der Waals surface area contributed by atoms with Gasteiger partial charge in [0.15, 0.2) is 0 Å². The Bertz CT molecular complexity index is 774. The van der Waals surface area contributed by atoms with E-state index in [2.05, 4.69) is 5.32 Å². The number of halogens is 1. The van der Waals surface area contributed by atoms with Crippen molar-refractivity contribution in [1.29, 1.82) is 0 Å². The summed E-state index contributed by atoms with van der Waals surface area (Å²) in [7, 11) is 1.77. The summed E-state index contributed by atoms with van der Waals surface area (Å²) in [5, 5.41) is 3.53. The molecule has 0 bridgehead atoms. The highest BCUT2D eigenvalue weighted by Gasteiger charge is 2.23. The summed E-state index contributed by atoms with van der Waals surface area (Å²) in [6, 6.07) is 14.9. The Hall–Kier alpha value is -2.33. The van der Waals surface area contributed by atoms with Crippen LogP contribution < -0.4 is 5.32 Å². The van der Waals surface area contributed by atoms with Crippen molar-refractivity contribution in [2.24, 2.45) is 0 Å². The minimum atomic E-state index is -0.352. The smallest absolute Gasteiger partial charge is 0.225 e. The van der Waals surface area contributed by atoms with E-state index < -0.39 is 0 Å². The number of carbonyl (C=O) groups is 2. The van der Waals surface area contributed by atoms with Crippen molar-refractivity contribution in [3.8, 4) is 0 Å². The first-order valence-electron chi connectivity index (χ1n) is 8.62. The van der Waals surface area contributed by atoms with Gasteiger partial charge in [0.1, 0.15) is 0 Å². The standard InChI is InChI=1S/C21H25ClN2O2/c1-14-8-10-17(11-9-14)20(23-16(3)25)13-21(26)24(4)15(2)18-6-5-7-19(22)12-18/h5-12,15,20H,13H2,1-4H3,(H,23,25). The molecule has 2 rings (SSSR count). The molecule has 0 aliphatic heterocycles. The molecule has 2 aromatic carbocycles. The molecule has 0 aliphatic rings. The first-order chi connectivity index (χ1) is 12.3. The van der Waals surface area contributed by atoms with Crippen molar-refractivity contribution in [1.82, 2.24) is 10.2 Å². The van der Waals surface area contributed by atoms with Gasteiger partial charge in [-0.1, -0.05) is 53.6 Å². The monoisotopic (exact) mass is 372 g/mol. The van der Waals surface area contributed by atoms with Gasteiger partial charge in [-0.05, 0) is 37.1 Å². The van der Waals surface area contributed by atoms with E-state index in [9.17, 15) is 9.59 Å². The summed E-state index contributed by atoms with van der Waals surface area (Å²) >= 11 is 6.06. The quantitative estimate of drug-likeness (QED) is 0.815. The van der Waals surface area contributed by atoms with Gasteiger partial charge in [-0.3, -0.25) is 9.59 Å². The topological polar surface area (TPSA) is 49.4 Å². The lowest BCUT2D eigenvalue weighted by Crippen LogP contribution is -2.35. The van der Waals surface area contributed by atoms with Crippen LogP contribution in [0.5, 0.6) is 0 Å². The summed E-state index contributed by atoms with van der Waals surface area (Å²) in [6.07, 6.45) is 0.198. The number of nitrogens with zero attached hydrogens (tertiary/aromatic N) is 1. The van der Waals surface area contributed by atoms with Crippen molar-refractivity contribution in [3.63, 3.8) is 0 Å². The average Bonchev–Trinajstić information content (AvgIpc) is 2.60. The third-order valence-corrected chi connectivity index (χ3v) is 4.78. The summed E-state index contributed by atoms with van der Waals surface area (Å²) in [4.78, 5) is 26.1. The molecule has 2 amide bonds. The van der Waals surface area contributed by atoms with Gasteiger partial charge >= 0.3 is 0 Å². The Labute approximate surface area is 160 Å². The molecule has 2 atom stereocenters. The molecule has 0 radical (unpaired) electrons. The molecule has 0 aliphatic carbocycles. The Morgan fingerprint density at radius 3 is 2.35 bits per heavy atom. The highest BCUT2D eigenvalue weighted by atomic mass is 35.5. The molecule has 0 saturated carbocycles. The molecule has 1 N–H and O–H groups in total. The van der Waals surface area contributed by atoms with Crippen LogP contribution in [0, 0.1) is 6.92 Å². The van der Waals surface area contributed by atoms with Crippen molar-refractivity contribution in [2.75, 3.05) is 7.05 Å². The summed E-state index contributed by atoms with van der Waals surface area (Å²) in [5.74, 6) is -0.203. The largest absolute Gasteiger partial charge is 0.349 e. The summed E-state index contributed by atoms with van der Waals surface area (Å²) in [6.45, 7) is 5.43. The SMILES string of the molecule is CC(=O)NC(CC(=O)N(C)C(C)c1cccc(Cl)c1)c1ccc(C)cc1. The van der Waals surface area contributed by atoms with Crippen molar-refractivity contribution in [3.05, 3.63) is 70.2 Å². The number of hydrogen-bond acceptors (Lipinski definition) is 2. The number of amides is 2. The summed E-state index contributed by atoms with van der Waals surface area (Å²) < 4.78 is 0. The fourth-order valence-electron chi connectivity index (χ4n) is 2.82. The number of hydrogen-bond donors (Lipinski definition) is 1. The third-order valence-electron chi connectivity index (χ3n) is 4.54. The van der Waals surface area contributed by atoms with Crippen LogP contribution in [-0.4, -0.2) is 23.8 Å². The van der Waals surface area contributed by atoms with Crippen molar-refractivity contribution < 1.29 is 9.59 Å². The van der Waals surface area contributed by atoms with Crippen LogP contribution in [0.1, 0.15) is 49.0 Å². The minimum Gasteiger partial charge on any atom is -0.349 e. The van der Waals surface area contributed by atoms with Crippen LogP contribution in [0.25, 0.3) is 0 Å². The van der Waals surface area contributed by atoms with Crippen LogP contribution >= 0.6 is 11.6 Å². The van der Waals surface area contributed by atoms with Crippen LogP contribution in [0.2, 0.25) is 5.02 Å². The number of rotatable bonds is 6. The lowest BCUT2D eigenvalue weighted by atomic mass is 10.0. The zero-order valence-electron chi connectivity index (χ0n) is 15.6. The van der Waals surface area contributed by atoms with Gasteiger partial charge in [0.25, 0.3) is 0 Å². The predicted octanol–water partition coefficient (Wildman–Crippen LogP) is 4.44. The van der Waals surface area contributed by atoms with Crippen LogP contribution in [0.3, 0.4) is 0 Å². The van der Waals surface area contributed by atoms with Gasteiger partial charge in [-0.25, -0.2) is 0 Å². The van der Waals surface area contributed by atoms with Gasteiger partial charge in [0.05, 0.1) is 18.5 Å². The first kappa shape index (κ1) is 20.0. The van der Waals surface area contributed by atoms with Gasteiger partial charge in [-0.15, -0.1) is 0 Å². The fraction of sp³-hybridized carbons (Fsp3) is 0.333. The molecule has 5 heteroatoms. The molecule has 0 heterocycles. The maximum atomic E-state index is 12.8. The number of aryl methyl sites for hydroxylation is 1. The van der Waals surface area contributed by atoms with E-state index in [1.807, 2.05) is 62.4 Å². The fourth-order valence-corrected chi connectivity index (χ4v) is 3.02. The van der Waals surface area contributed by atoms with E-state index in [1.165, 1.54) is 6.92 Å². The Morgan fingerprint density at radius 2 is 1.77 bits per heavy atom. The lowest BCUT2D eigenvalue weighted by Gasteiger charge is -2.28. The number of carbonyl (C=O) groups excluding carboxylic acids is 2. The summed E-state index contributed by atoms with van der Waals surface area (Å²) in [5.41, 5.74) is 3.02.